The van der Waals surface area contributed by atoms with Crippen molar-refractivity contribution in [2.45, 2.75) is 11.8 Å². The number of halogens is 2. The average Bonchev–Trinajstić information content (AvgIpc) is 2.26. The van der Waals surface area contributed by atoms with Gasteiger partial charge in [0.05, 0.1) is 6.54 Å². The molecule has 0 saturated heterocycles. The molecule has 0 heterocycles. The van der Waals surface area contributed by atoms with Gasteiger partial charge >= 0.3 is 0 Å². The fraction of sp³-hybridized carbons (Fsp3) is 0.364. The van der Waals surface area contributed by atoms with Gasteiger partial charge in [-0.05, 0) is 50.9 Å². The van der Waals surface area contributed by atoms with Crippen molar-refractivity contribution < 1.29 is 13.2 Å². The van der Waals surface area contributed by atoms with Crippen LogP contribution in [0.5, 0.6) is 0 Å². The normalized spacial score (nSPS) is 11.7. The summed E-state index contributed by atoms with van der Waals surface area (Å²) >= 11 is 6.37. The molecule has 0 spiro atoms. The predicted molar refractivity (Wildman–Crippen MR) is 84.8 cm³/mol. The van der Waals surface area contributed by atoms with Crippen molar-refractivity contribution in [2.24, 2.45) is 0 Å². The number of carbonyl (C=O) groups is 1. The second-order valence-corrected chi connectivity index (χ2v) is 7.72. The maximum absolute atomic E-state index is 12.5. The van der Waals surface area contributed by atoms with Crippen molar-refractivity contribution in [1.82, 2.24) is 9.62 Å². The van der Waals surface area contributed by atoms with Crippen LogP contribution in [0.25, 0.3) is 0 Å². The lowest BCUT2D eigenvalue weighted by Gasteiger charge is -2.18. The number of rotatable bonds is 5. The molecular weight excluding hydrogens is 414 g/mol. The SMILES string of the molecule is CCNC(=O)CN(C)S(=O)(=O)c1c(Br)cc(N)cc1Br. The molecule has 0 fully saturated rings. The Kier molecular flexibility index (Phi) is 5.99. The summed E-state index contributed by atoms with van der Waals surface area (Å²) in [5, 5.41) is 2.55. The van der Waals surface area contributed by atoms with E-state index in [-0.39, 0.29) is 17.3 Å². The molecule has 0 atom stereocenters. The summed E-state index contributed by atoms with van der Waals surface area (Å²) < 4.78 is 26.6. The number of nitrogens with one attached hydrogen (secondary N) is 1. The van der Waals surface area contributed by atoms with Crippen LogP contribution in [0.15, 0.2) is 26.0 Å². The highest BCUT2D eigenvalue weighted by Gasteiger charge is 2.27. The number of nitrogens with two attached hydrogens (primary N) is 1. The maximum atomic E-state index is 12.5. The minimum Gasteiger partial charge on any atom is -0.399 e. The fourth-order valence-electron chi connectivity index (χ4n) is 1.52. The Bertz CT molecular complexity index is 596. The van der Waals surface area contributed by atoms with E-state index in [1.165, 1.54) is 19.2 Å². The number of nitrogens with zero attached hydrogens (tertiary/aromatic N) is 1. The van der Waals surface area contributed by atoms with Crippen molar-refractivity contribution in [3.05, 3.63) is 21.1 Å². The van der Waals surface area contributed by atoms with Gasteiger partial charge in [-0.2, -0.15) is 4.31 Å². The van der Waals surface area contributed by atoms with Gasteiger partial charge in [-0.25, -0.2) is 8.42 Å². The van der Waals surface area contributed by atoms with E-state index in [0.29, 0.717) is 21.2 Å². The van der Waals surface area contributed by atoms with E-state index in [9.17, 15) is 13.2 Å². The first-order chi connectivity index (χ1) is 9.20. The number of hydrogen-bond donors (Lipinski definition) is 2. The third kappa shape index (κ3) is 3.94. The largest absolute Gasteiger partial charge is 0.399 e. The number of benzene rings is 1. The first kappa shape index (κ1) is 17.4. The van der Waals surface area contributed by atoms with Crippen LogP contribution in [-0.2, 0) is 14.8 Å². The van der Waals surface area contributed by atoms with Crippen LogP contribution in [0.1, 0.15) is 6.92 Å². The molecule has 6 nitrogen and oxygen atoms in total. The zero-order valence-electron chi connectivity index (χ0n) is 11.0. The molecule has 0 aromatic heterocycles. The molecule has 1 aromatic carbocycles. The van der Waals surface area contributed by atoms with Crippen molar-refractivity contribution in [2.75, 3.05) is 25.9 Å². The number of amides is 1. The Morgan fingerprint density at radius 1 is 1.35 bits per heavy atom. The number of carbonyl (C=O) groups excluding carboxylic acids is 1. The van der Waals surface area contributed by atoms with E-state index in [2.05, 4.69) is 37.2 Å². The van der Waals surface area contributed by atoms with Crippen LogP contribution in [0.2, 0.25) is 0 Å². The van der Waals surface area contributed by atoms with Crippen molar-refractivity contribution >= 4 is 53.5 Å². The Labute approximate surface area is 135 Å². The van der Waals surface area contributed by atoms with E-state index in [1.807, 2.05) is 0 Å². The summed E-state index contributed by atoms with van der Waals surface area (Å²) in [6, 6.07) is 3.00. The summed E-state index contributed by atoms with van der Waals surface area (Å²) in [6.07, 6.45) is 0. The first-order valence-corrected chi connectivity index (χ1v) is 8.70. The third-order valence-electron chi connectivity index (χ3n) is 2.43. The highest BCUT2D eigenvalue weighted by Crippen LogP contribution is 2.33. The van der Waals surface area contributed by atoms with Crippen molar-refractivity contribution in [3.8, 4) is 0 Å². The summed E-state index contributed by atoms with van der Waals surface area (Å²) in [5.41, 5.74) is 6.06. The molecule has 1 amide bonds. The monoisotopic (exact) mass is 427 g/mol. The molecule has 3 N–H and O–H groups in total. The lowest BCUT2D eigenvalue weighted by Crippen LogP contribution is -2.38. The van der Waals surface area contributed by atoms with Gasteiger partial charge in [-0.15, -0.1) is 0 Å². The molecule has 0 aliphatic carbocycles. The van der Waals surface area contributed by atoms with Gasteiger partial charge in [-0.3, -0.25) is 4.79 Å². The van der Waals surface area contributed by atoms with E-state index in [4.69, 9.17) is 5.73 Å². The minimum atomic E-state index is -3.81. The smallest absolute Gasteiger partial charge is 0.245 e. The number of hydrogen-bond acceptors (Lipinski definition) is 4. The Morgan fingerprint density at radius 2 is 1.85 bits per heavy atom. The number of sulfonamides is 1. The van der Waals surface area contributed by atoms with E-state index >= 15 is 0 Å². The van der Waals surface area contributed by atoms with E-state index in [0.717, 1.165) is 4.31 Å². The van der Waals surface area contributed by atoms with E-state index < -0.39 is 10.0 Å². The highest BCUT2D eigenvalue weighted by atomic mass is 79.9. The van der Waals surface area contributed by atoms with Crippen LogP contribution in [0.3, 0.4) is 0 Å². The summed E-state index contributed by atoms with van der Waals surface area (Å²) in [6.45, 7) is 1.96. The minimum absolute atomic E-state index is 0.0403. The number of nitrogen functional groups attached to an aromatic ring is 1. The molecule has 0 bridgehead atoms. The zero-order valence-corrected chi connectivity index (χ0v) is 15.0. The Balaban J connectivity index is 3.14. The predicted octanol–water partition coefficient (Wildman–Crippen LogP) is 1.55. The maximum Gasteiger partial charge on any atom is 0.245 e. The number of likely N-dealkylation sites (N-methyl/N-ethyl adjacent to an activating group) is 2. The standard InChI is InChI=1S/C11H15Br2N3O3S/c1-3-15-10(17)6-16(2)20(18,19)11-8(12)4-7(14)5-9(11)13/h4-5H,3,6,14H2,1-2H3,(H,15,17). The van der Waals surface area contributed by atoms with Crippen LogP contribution in [0, 0.1) is 0 Å². The van der Waals surface area contributed by atoms with Gasteiger partial charge in [0, 0.05) is 28.2 Å². The lowest BCUT2D eigenvalue weighted by molar-refractivity contribution is -0.121. The van der Waals surface area contributed by atoms with E-state index in [1.54, 1.807) is 6.92 Å². The van der Waals surface area contributed by atoms with Gasteiger partial charge in [0.25, 0.3) is 0 Å². The lowest BCUT2D eigenvalue weighted by atomic mass is 10.3. The van der Waals surface area contributed by atoms with Gasteiger partial charge in [-0.1, -0.05) is 0 Å². The van der Waals surface area contributed by atoms with Gasteiger partial charge in [0.15, 0.2) is 0 Å². The van der Waals surface area contributed by atoms with Crippen LogP contribution in [-0.4, -0.2) is 38.8 Å². The molecule has 0 aliphatic rings. The summed E-state index contributed by atoms with van der Waals surface area (Å²) in [7, 11) is -2.46. The van der Waals surface area contributed by atoms with Crippen molar-refractivity contribution in [1.29, 1.82) is 0 Å². The van der Waals surface area contributed by atoms with Crippen LogP contribution >= 0.6 is 31.9 Å². The quantitative estimate of drug-likeness (QED) is 0.696. The summed E-state index contributed by atoms with van der Waals surface area (Å²) in [4.78, 5) is 11.5. The zero-order chi connectivity index (χ0) is 15.5. The van der Waals surface area contributed by atoms with Crippen LogP contribution < -0.4 is 11.1 Å². The third-order valence-corrected chi connectivity index (χ3v) is 6.11. The second-order valence-electron chi connectivity index (χ2n) is 4.03. The molecule has 1 rings (SSSR count). The second kappa shape index (κ2) is 6.88. The molecule has 0 unspecified atom stereocenters. The molecule has 0 aliphatic heterocycles. The Morgan fingerprint density at radius 3 is 2.30 bits per heavy atom. The molecule has 20 heavy (non-hydrogen) atoms. The molecule has 0 saturated carbocycles. The Hall–Kier alpha value is -0.640. The topological polar surface area (TPSA) is 92.5 Å². The molecule has 9 heteroatoms. The first-order valence-electron chi connectivity index (χ1n) is 5.67. The van der Waals surface area contributed by atoms with Gasteiger partial charge in [0.2, 0.25) is 15.9 Å². The molecule has 112 valence electrons. The van der Waals surface area contributed by atoms with Gasteiger partial charge < -0.3 is 11.1 Å². The average molecular weight is 429 g/mol. The molecule has 1 aromatic rings. The summed E-state index contributed by atoms with van der Waals surface area (Å²) in [5.74, 6) is -0.360. The van der Waals surface area contributed by atoms with Crippen molar-refractivity contribution in [3.63, 3.8) is 0 Å². The van der Waals surface area contributed by atoms with Crippen LogP contribution in [0.4, 0.5) is 5.69 Å². The fourth-order valence-corrected chi connectivity index (χ4v) is 5.18. The number of anilines is 1. The molecular formula is C11H15Br2N3O3S. The highest BCUT2D eigenvalue weighted by molar-refractivity contribution is 9.11. The molecule has 0 radical (unpaired) electrons. The van der Waals surface area contributed by atoms with Gasteiger partial charge in [0.1, 0.15) is 4.90 Å².